The van der Waals surface area contributed by atoms with E-state index in [0.29, 0.717) is 29.0 Å². The number of hydrogen-bond donors (Lipinski definition) is 0. The maximum Gasteiger partial charge on any atom is 0.233 e. The van der Waals surface area contributed by atoms with Gasteiger partial charge in [0.2, 0.25) is 5.91 Å². The standard InChI is InChI=1S/C20H24N4O2S/c1-4-11-24(13-16-9-7-15(2)8-10-16)18(25)14-27-20-22-21-19(23(20)3)17-6-5-12-26-17/h5-10,12H,4,11,13-14H2,1-3H3. The minimum atomic E-state index is 0.102. The molecule has 0 saturated heterocycles. The molecule has 3 aromatic rings. The normalized spacial score (nSPS) is 10.9. The summed E-state index contributed by atoms with van der Waals surface area (Å²) in [5.74, 6) is 1.75. The first kappa shape index (κ1) is 19.2. The summed E-state index contributed by atoms with van der Waals surface area (Å²) in [6, 6.07) is 12.0. The van der Waals surface area contributed by atoms with Crippen LogP contribution in [0.15, 0.2) is 52.2 Å². The molecule has 0 N–H and O–H groups in total. The monoisotopic (exact) mass is 384 g/mol. The predicted octanol–water partition coefficient (Wildman–Crippen LogP) is 3.91. The first-order chi connectivity index (χ1) is 13.1. The van der Waals surface area contributed by atoms with Gasteiger partial charge in [-0.3, -0.25) is 4.79 Å². The van der Waals surface area contributed by atoms with Crippen LogP contribution in [0.3, 0.4) is 0 Å². The molecule has 7 heteroatoms. The van der Waals surface area contributed by atoms with Crippen LogP contribution in [-0.4, -0.2) is 37.9 Å². The fourth-order valence-corrected chi connectivity index (χ4v) is 3.57. The van der Waals surface area contributed by atoms with Crippen LogP contribution in [0.25, 0.3) is 11.6 Å². The molecule has 3 rings (SSSR count). The Kier molecular flexibility index (Phi) is 6.34. The van der Waals surface area contributed by atoms with Crippen LogP contribution < -0.4 is 0 Å². The SMILES string of the molecule is CCCN(Cc1ccc(C)cc1)C(=O)CSc1nnc(-c2ccco2)n1C. The third kappa shape index (κ3) is 4.80. The summed E-state index contributed by atoms with van der Waals surface area (Å²) in [6.07, 6.45) is 2.53. The van der Waals surface area contributed by atoms with E-state index in [-0.39, 0.29) is 5.91 Å². The molecule has 0 atom stereocenters. The van der Waals surface area contributed by atoms with E-state index in [4.69, 9.17) is 4.42 Å². The number of aromatic nitrogens is 3. The van der Waals surface area contributed by atoms with Gasteiger partial charge in [0, 0.05) is 20.1 Å². The van der Waals surface area contributed by atoms with Gasteiger partial charge in [0.15, 0.2) is 16.7 Å². The van der Waals surface area contributed by atoms with Crippen molar-refractivity contribution in [3.05, 3.63) is 53.8 Å². The molecule has 0 bridgehead atoms. The number of amides is 1. The third-order valence-electron chi connectivity index (χ3n) is 4.24. The highest BCUT2D eigenvalue weighted by Gasteiger charge is 2.17. The van der Waals surface area contributed by atoms with Gasteiger partial charge in [0.25, 0.3) is 0 Å². The largest absolute Gasteiger partial charge is 0.461 e. The van der Waals surface area contributed by atoms with E-state index in [2.05, 4.69) is 48.3 Å². The molecule has 0 spiro atoms. The highest BCUT2D eigenvalue weighted by molar-refractivity contribution is 7.99. The van der Waals surface area contributed by atoms with Gasteiger partial charge in [-0.1, -0.05) is 48.5 Å². The van der Waals surface area contributed by atoms with Gasteiger partial charge in [-0.2, -0.15) is 0 Å². The second-order valence-electron chi connectivity index (χ2n) is 6.43. The summed E-state index contributed by atoms with van der Waals surface area (Å²) in [7, 11) is 1.88. The van der Waals surface area contributed by atoms with Crippen LogP contribution in [0.1, 0.15) is 24.5 Å². The van der Waals surface area contributed by atoms with Crippen molar-refractivity contribution in [1.29, 1.82) is 0 Å². The van der Waals surface area contributed by atoms with Crippen molar-refractivity contribution in [3.8, 4) is 11.6 Å². The average molecular weight is 385 g/mol. The zero-order valence-corrected chi connectivity index (χ0v) is 16.7. The summed E-state index contributed by atoms with van der Waals surface area (Å²) in [5.41, 5.74) is 2.36. The van der Waals surface area contributed by atoms with Crippen molar-refractivity contribution in [2.75, 3.05) is 12.3 Å². The number of thioether (sulfide) groups is 1. The van der Waals surface area contributed by atoms with Crippen LogP contribution in [0.4, 0.5) is 0 Å². The molecule has 2 heterocycles. The second-order valence-corrected chi connectivity index (χ2v) is 7.37. The quantitative estimate of drug-likeness (QED) is 0.551. The second kappa shape index (κ2) is 8.90. The lowest BCUT2D eigenvalue weighted by Crippen LogP contribution is -2.32. The van der Waals surface area contributed by atoms with Gasteiger partial charge in [-0.05, 0) is 31.0 Å². The summed E-state index contributed by atoms with van der Waals surface area (Å²) in [6.45, 7) is 5.52. The summed E-state index contributed by atoms with van der Waals surface area (Å²) in [4.78, 5) is 14.7. The van der Waals surface area contributed by atoms with Crippen molar-refractivity contribution in [2.24, 2.45) is 7.05 Å². The Morgan fingerprint density at radius 1 is 1.22 bits per heavy atom. The minimum absolute atomic E-state index is 0.102. The van der Waals surface area contributed by atoms with Gasteiger partial charge in [0.1, 0.15) is 0 Å². The number of hydrogen-bond acceptors (Lipinski definition) is 5. The summed E-state index contributed by atoms with van der Waals surface area (Å²) >= 11 is 1.40. The van der Waals surface area contributed by atoms with Gasteiger partial charge in [0.05, 0.1) is 12.0 Å². The number of aryl methyl sites for hydroxylation is 1. The molecule has 1 aromatic carbocycles. The number of carbonyl (C=O) groups is 1. The Bertz CT molecular complexity index is 872. The van der Waals surface area contributed by atoms with Crippen LogP contribution in [0.2, 0.25) is 0 Å². The van der Waals surface area contributed by atoms with E-state index < -0.39 is 0 Å². The number of nitrogens with zero attached hydrogens (tertiary/aromatic N) is 4. The lowest BCUT2D eigenvalue weighted by atomic mass is 10.1. The molecule has 142 valence electrons. The third-order valence-corrected chi connectivity index (χ3v) is 5.25. The number of benzene rings is 1. The molecular weight excluding hydrogens is 360 g/mol. The molecule has 2 aromatic heterocycles. The molecule has 0 saturated carbocycles. The number of carbonyl (C=O) groups excluding carboxylic acids is 1. The Hall–Kier alpha value is -2.54. The molecule has 0 fully saturated rings. The average Bonchev–Trinajstić information content (AvgIpc) is 3.31. The van der Waals surface area contributed by atoms with E-state index >= 15 is 0 Å². The smallest absolute Gasteiger partial charge is 0.233 e. The van der Waals surface area contributed by atoms with E-state index in [0.717, 1.165) is 18.5 Å². The molecule has 1 amide bonds. The number of furan rings is 1. The van der Waals surface area contributed by atoms with Crippen LogP contribution in [-0.2, 0) is 18.4 Å². The van der Waals surface area contributed by atoms with Gasteiger partial charge in [-0.15, -0.1) is 10.2 Å². The highest BCUT2D eigenvalue weighted by atomic mass is 32.2. The Morgan fingerprint density at radius 2 is 2.00 bits per heavy atom. The maximum atomic E-state index is 12.8. The Balaban J connectivity index is 1.63. The Labute approximate surface area is 163 Å². The van der Waals surface area contributed by atoms with Crippen LogP contribution in [0.5, 0.6) is 0 Å². The Morgan fingerprint density at radius 3 is 2.67 bits per heavy atom. The lowest BCUT2D eigenvalue weighted by molar-refractivity contribution is -0.129. The van der Waals surface area contributed by atoms with Crippen molar-refractivity contribution in [3.63, 3.8) is 0 Å². The van der Waals surface area contributed by atoms with Crippen molar-refractivity contribution >= 4 is 17.7 Å². The molecule has 0 aliphatic heterocycles. The van der Waals surface area contributed by atoms with E-state index in [1.165, 1.54) is 17.3 Å². The molecule has 6 nitrogen and oxygen atoms in total. The lowest BCUT2D eigenvalue weighted by Gasteiger charge is -2.22. The van der Waals surface area contributed by atoms with E-state index in [9.17, 15) is 4.79 Å². The van der Waals surface area contributed by atoms with Gasteiger partial charge >= 0.3 is 0 Å². The fraction of sp³-hybridized carbons (Fsp3) is 0.350. The fourth-order valence-electron chi connectivity index (χ4n) is 2.75. The summed E-state index contributed by atoms with van der Waals surface area (Å²) in [5, 5.41) is 9.05. The maximum absolute atomic E-state index is 12.8. The van der Waals surface area contributed by atoms with Gasteiger partial charge in [-0.25, -0.2) is 0 Å². The molecule has 0 aliphatic carbocycles. The number of rotatable bonds is 8. The topological polar surface area (TPSA) is 64.2 Å². The van der Waals surface area contributed by atoms with Crippen molar-refractivity contribution < 1.29 is 9.21 Å². The highest BCUT2D eigenvalue weighted by Crippen LogP contribution is 2.23. The van der Waals surface area contributed by atoms with E-state index in [1.54, 1.807) is 6.26 Å². The van der Waals surface area contributed by atoms with Gasteiger partial charge < -0.3 is 13.9 Å². The zero-order valence-electron chi connectivity index (χ0n) is 15.9. The molecule has 0 aliphatic rings. The summed E-state index contributed by atoms with van der Waals surface area (Å²) < 4.78 is 7.22. The predicted molar refractivity (Wildman–Crippen MR) is 106 cm³/mol. The van der Waals surface area contributed by atoms with Crippen molar-refractivity contribution in [2.45, 2.75) is 32.0 Å². The molecule has 0 unspecified atom stereocenters. The first-order valence-electron chi connectivity index (χ1n) is 8.98. The molecule has 27 heavy (non-hydrogen) atoms. The first-order valence-corrected chi connectivity index (χ1v) is 9.96. The molecular formula is C20H24N4O2S. The minimum Gasteiger partial charge on any atom is -0.461 e. The van der Waals surface area contributed by atoms with Crippen LogP contribution in [0, 0.1) is 6.92 Å². The van der Waals surface area contributed by atoms with Crippen molar-refractivity contribution in [1.82, 2.24) is 19.7 Å². The zero-order chi connectivity index (χ0) is 19.2. The molecule has 0 radical (unpaired) electrons. The van der Waals surface area contributed by atoms with E-state index in [1.807, 2.05) is 28.6 Å². The van der Waals surface area contributed by atoms with Crippen LogP contribution >= 0.6 is 11.8 Å².